The van der Waals surface area contributed by atoms with E-state index in [-0.39, 0.29) is 0 Å². The van der Waals surface area contributed by atoms with E-state index < -0.39 is 10.8 Å². The van der Waals surface area contributed by atoms with E-state index in [0.717, 1.165) is 6.42 Å². The molecule has 2 nitrogen and oxygen atoms in total. The number of carboxylic acids is 1. The van der Waals surface area contributed by atoms with Gasteiger partial charge in [0.05, 0.1) is 0 Å². The molecule has 1 aromatic carbocycles. The van der Waals surface area contributed by atoms with E-state index in [1.54, 1.807) is 0 Å². The molecule has 1 aromatic rings. The predicted octanol–water partition coefficient (Wildman–Crippen LogP) is 3.08. The summed E-state index contributed by atoms with van der Waals surface area (Å²) in [5, 5.41) is 8.74. The molecule has 0 saturated heterocycles. The van der Waals surface area contributed by atoms with Gasteiger partial charge in [0, 0.05) is 0 Å². The van der Waals surface area contributed by atoms with Gasteiger partial charge >= 0.3 is 5.97 Å². The van der Waals surface area contributed by atoms with Crippen molar-refractivity contribution >= 4 is 21.9 Å². The number of carboxylic acid groups (broad SMARTS) is 1. The zero-order valence-corrected chi connectivity index (χ0v) is 10.5. The highest BCUT2D eigenvalue weighted by molar-refractivity contribution is 9.10. The molecule has 15 heavy (non-hydrogen) atoms. The van der Waals surface area contributed by atoms with Crippen LogP contribution in [0.3, 0.4) is 0 Å². The standard InChI is InChI=1S/C12H15BrO2/c1-8-3-4-9(2)10(7-8)5-6-11(13)12(14)15/h3-4,7,11H,5-6H2,1-2H3,(H,14,15). The highest BCUT2D eigenvalue weighted by Crippen LogP contribution is 2.16. The minimum atomic E-state index is -0.791. The summed E-state index contributed by atoms with van der Waals surface area (Å²) in [5.41, 5.74) is 3.68. The maximum atomic E-state index is 10.6. The van der Waals surface area contributed by atoms with Crippen molar-refractivity contribution in [2.75, 3.05) is 0 Å². The van der Waals surface area contributed by atoms with Crippen molar-refractivity contribution in [2.24, 2.45) is 0 Å². The number of aliphatic carboxylic acids is 1. The van der Waals surface area contributed by atoms with Crippen LogP contribution in [0.4, 0.5) is 0 Å². The normalized spacial score (nSPS) is 12.5. The quantitative estimate of drug-likeness (QED) is 0.854. The van der Waals surface area contributed by atoms with Crippen LogP contribution in [0.1, 0.15) is 23.1 Å². The first kappa shape index (κ1) is 12.2. The molecule has 0 aliphatic rings. The summed E-state index contributed by atoms with van der Waals surface area (Å²) in [6.45, 7) is 4.10. The van der Waals surface area contributed by atoms with Crippen molar-refractivity contribution in [3.05, 3.63) is 34.9 Å². The van der Waals surface area contributed by atoms with Crippen LogP contribution in [-0.2, 0) is 11.2 Å². The molecule has 0 saturated carbocycles. The summed E-state index contributed by atoms with van der Waals surface area (Å²) < 4.78 is 0. The number of aryl methyl sites for hydroxylation is 3. The van der Waals surface area contributed by atoms with Crippen LogP contribution in [0.25, 0.3) is 0 Å². The Morgan fingerprint density at radius 3 is 2.73 bits per heavy atom. The Hall–Kier alpha value is -0.830. The van der Waals surface area contributed by atoms with E-state index >= 15 is 0 Å². The summed E-state index contributed by atoms with van der Waals surface area (Å²) in [5.74, 6) is -0.791. The van der Waals surface area contributed by atoms with E-state index in [1.165, 1.54) is 16.7 Å². The van der Waals surface area contributed by atoms with Crippen LogP contribution in [0, 0.1) is 13.8 Å². The zero-order chi connectivity index (χ0) is 11.4. The lowest BCUT2D eigenvalue weighted by atomic mass is 10.0. The van der Waals surface area contributed by atoms with Crippen LogP contribution < -0.4 is 0 Å². The Kier molecular flexibility index (Phi) is 4.33. The van der Waals surface area contributed by atoms with Gasteiger partial charge in [0.15, 0.2) is 0 Å². The van der Waals surface area contributed by atoms with Gasteiger partial charge in [-0.05, 0) is 37.8 Å². The molecule has 0 aliphatic carbocycles. The number of hydrogen-bond acceptors (Lipinski definition) is 1. The number of hydrogen-bond donors (Lipinski definition) is 1. The van der Waals surface area contributed by atoms with Crippen molar-refractivity contribution in [3.63, 3.8) is 0 Å². The molecule has 0 heterocycles. The van der Waals surface area contributed by atoms with Crippen molar-refractivity contribution in [2.45, 2.75) is 31.5 Å². The smallest absolute Gasteiger partial charge is 0.317 e. The van der Waals surface area contributed by atoms with Gasteiger partial charge in [0.1, 0.15) is 4.83 Å². The number of alkyl halides is 1. The van der Waals surface area contributed by atoms with Gasteiger partial charge in [0.2, 0.25) is 0 Å². The zero-order valence-electron chi connectivity index (χ0n) is 8.96. The number of benzene rings is 1. The topological polar surface area (TPSA) is 37.3 Å². The van der Waals surface area contributed by atoms with E-state index in [1.807, 2.05) is 6.92 Å². The van der Waals surface area contributed by atoms with E-state index in [4.69, 9.17) is 5.11 Å². The van der Waals surface area contributed by atoms with Crippen molar-refractivity contribution < 1.29 is 9.90 Å². The molecular formula is C12H15BrO2. The lowest BCUT2D eigenvalue weighted by Gasteiger charge is -2.08. The lowest BCUT2D eigenvalue weighted by Crippen LogP contribution is -2.13. The first-order valence-electron chi connectivity index (χ1n) is 4.93. The Morgan fingerprint density at radius 2 is 2.13 bits per heavy atom. The molecule has 0 amide bonds. The summed E-state index contributed by atoms with van der Waals surface area (Å²) >= 11 is 3.14. The van der Waals surface area contributed by atoms with Gasteiger partial charge in [-0.3, -0.25) is 4.79 Å². The molecule has 0 radical (unpaired) electrons. The summed E-state index contributed by atoms with van der Waals surface area (Å²) in [6.07, 6.45) is 1.43. The van der Waals surface area contributed by atoms with Crippen LogP contribution in [-0.4, -0.2) is 15.9 Å². The Bertz CT molecular complexity index is 361. The van der Waals surface area contributed by atoms with Crippen molar-refractivity contribution in [1.29, 1.82) is 0 Å². The molecule has 1 rings (SSSR count). The van der Waals surface area contributed by atoms with E-state index in [2.05, 4.69) is 41.1 Å². The molecule has 0 fully saturated rings. The largest absolute Gasteiger partial charge is 0.480 e. The third kappa shape index (κ3) is 3.67. The average Bonchev–Trinajstić information content (AvgIpc) is 2.18. The van der Waals surface area contributed by atoms with Crippen LogP contribution in [0.2, 0.25) is 0 Å². The molecule has 1 N–H and O–H groups in total. The van der Waals surface area contributed by atoms with Crippen LogP contribution in [0.5, 0.6) is 0 Å². The Balaban J connectivity index is 2.65. The van der Waals surface area contributed by atoms with E-state index in [9.17, 15) is 4.79 Å². The maximum Gasteiger partial charge on any atom is 0.317 e. The molecular weight excluding hydrogens is 256 g/mol. The third-order valence-corrected chi connectivity index (χ3v) is 3.29. The van der Waals surface area contributed by atoms with Gasteiger partial charge < -0.3 is 5.11 Å². The highest BCUT2D eigenvalue weighted by atomic mass is 79.9. The minimum absolute atomic E-state index is 0.447. The highest BCUT2D eigenvalue weighted by Gasteiger charge is 2.13. The Morgan fingerprint density at radius 1 is 1.47 bits per heavy atom. The molecule has 0 aliphatic heterocycles. The second-order valence-corrected chi connectivity index (χ2v) is 4.88. The van der Waals surface area contributed by atoms with Crippen molar-refractivity contribution in [3.8, 4) is 0 Å². The Labute approximate surface area is 98.4 Å². The SMILES string of the molecule is Cc1ccc(C)c(CCC(Br)C(=O)O)c1. The fraction of sp³-hybridized carbons (Fsp3) is 0.417. The molecule has 1 unspecified atom stereocenters. The molecule has 0 bridgehead atoms. The number of halogens is 1. The second kappa shape index (κ2) is 5.31. The molecule has 82 valence electrons. The first-order valence-corrected chi connectivity index (χ1v) is 5.85. The summed E-state index contributed by atoms with van der Waals surface area (Å²) in [6, 6.07) is 6.27. The number of rotatable bonds is 4. The van der Waals surface area contributed by atoms with Gasteiger partial charge in [-0.2, -0.15) is 0 Å². The van der Waals surface area contributed by atoms with Gasteiger partial charge in [-0.25, -0.2) is 0 Å². The summed E-state index contributed by atoms with van der Waals surface area (Å²) in [4.78, 5) is 10.2. The average molecular weight is 271 g/mol. The molecule has 0 aromatic heterocycles. The van der Waals surface area contributed by atoms with Crippen LogP contribution >= 0.6 is 15.9 Å². The van der Waals surface area contributed by atoms with Gasteiger partial charge in [0.25, 0.3) is 0 Å². The van der Waals surface area contributed by atoms with Crippen LogP contribution in [0.15, 0.2) is 18.2 Å². The molecule has 3 heteroatoms. The lowest BCUT2D eigenvalue weighted by molar-refractivity contribution is -0.136. The van der Waals surface area contributed by atoms with Gasteiger partial charge in [-0.1, -0.05) is 39.7 Å². The second-order valence-electron chi connectivity index (χ2n) is 3.77. The fourth-order valence-electron chi connectivity index (χ4n) is 1.48. The minimum Gasteiger partial charge on any atom is -0.480 e. The van der Waals surface area contributed by atoms with E-state index in [0.29, 0.717) is 6.42 Å². The summed E-state index contributed by atoms with van der Waals surface area (Å²) in [7, 11) is 0. The molecule has 1 atom stereocenters. The van der Waals surface area contributed by atoms with Crippen molar-refractivity contribution in [1.82, 2.24) is 0 Å². The predicted molar refractivity (Wildman–Crippen MR) is 64.6 cm³/mol. The van der Waals surface area contributed by atoms with Gasteiger partial charge in [-0.15, -0.1) is 0 Å². The maximum absolute atomic E-state index is 10.6. The molecule has 0 spiro atoms. The monoisotopic (exact) mass is 270 g/mol. The third-order valence-electron chi connectivity index (χ3n) is 2.44. The fourth-order valence-corrected chi connectivity index (χ4v) is 1.70. The first-order chi connectivity index (χ1) is 7.00. The number of carbonyl (C=O) groups is 1.